The predicted molar refractivity (Wildman–Crippen MR) is 89.2 cm³/mol. The molecule has 0 aliphatic heterocycles. The zero-order valence-electron chi connectivity index (χ0n) is 13.0. The normalized spacial score (nSPS) is 10.3. The first-order valence-corrected chi connectivity index (χ1v) is 7.50. The van der Waals surface area contributed by atoms with E-state index in [0.717, 1.165) is 11.3 Å². The number of carbonyl (C=O) groups is 2. The minimum Gasteiger partial charge on any atom is -0.497 e. The molecule has 3 rings (SSSR count). The second-order valence-electron chi connectivity index (χ2n) is 4.91. The molecule has 0 saturated heterocycles. The summed E-state index contributed by atoms with van der Waals surface area (Å²) in [5.74, 6) is -0.486. The van der Waals surface area contributed by atoms with Crippen molar-refractivity contribution in [1.29, 1.82) is 0 Å². The van der Waals surface area contributed by atoms with Crippen molar-refractivity contribution < 1.29 is 18.7 Å². The molecule has 0 bridgehead atoms. The lowest BCUT2D eigenvalue weighted by molar-refractivity contribution is 0.0828. The number of nitrogens with one attached hydrogen (secondary N) is 3. The van der Waals surface area contributed by atoms with Gasteiger partial charge < -0.3 is 9.15 Å². The number of halogens is 1. The number of hydrogen-bond acceptors (Lipinski definition) is 5. The highest BCUT2D eigenvalue weighted by molar-refractivity contribution is 6.29. The molecule has 2 heterocycles. The number of nitrogens with zero attached hydrogens (tertiary/aromatic N) is 1. The van der Waals surface area contributed by atoms with Gasteiger partial charge in [0.25, 0.3) is 5.91 Å². The van der Waals surface area contributed by atoms with E-state index in [2.05, 4.69) is 21.0 Å². The number of aromatic nitrogens is 2. The van der Waals surface area contributed by atoms with Crippen LogP contribution >= 0.6 is 11.6 Å². The maximum Gasteiger partial charge on any atom is 0.305 e. The molecule has 0 unspecified atom stereocenters. The summed E-state index contributed by atoms with van der Waals surface area (Å²) in [5, 5.41) is 6.77. The van der Waals surface area contributed by atoms with E-state index in [0.29, 0.717) is 5.69 Å². The van der Waals surface area contributed by atoms with Crippen LogP contribution in [0.25, 0.3) is 11.3 Å². The predicted octanol–water partition coefficient (Wildman–Crippen LogP) is 2.41. The molecule has 0 aliphatic rings. The number of hydrogen-bond donors (Lipinski definition) is 3. The maximum atomic E-state index is 12.1. The molecular weight excluding hydrogens is 348 g/mol. The fraction of sp³-hybridized carbons (Fsp3) is 0.0625. The first-order chi connectivity index (χ1) is 12.1. The number of hydrazine groups is 1. The van der Waals surface area contributed by atoms with Crippen molar-refractivity contribution >= 4 is 23.4 Å². The molecule has 0 aliphatic carbocycles. The van der Waals surface area contributed by atoms with Crippen LogP contribution in [0.3, 0.4) is 0 Å². The largest absolute Gasteiger partial charge is 0.497 e. The van der Waals surface area contributed by atoms with Gasteiger partial charge in [0, 0.05) is 5.56 Å². The number of methoxy groups -OCH3 is 1. The molecular formula is C16H13ClN4O4. The number of ether oxygens (including phenoxy) is 1. The minimum absolute atomic E-state index is 0.0196. The van der Waals surface area contributed by atoms with Crippen molar-refractivity contribution in [2.75, 3.05) is 7.11 Å². The van der Waals surface area contributed by atoms with Crippen LogP contribution in [0.4, 0.5) is 0 Å². The molecule has 1 aromatic carbocycles. The molecule has 0 saturated carbocycles. The molecule has 25 heavy (non-hydrogen) atoms. The first-order valence-electron chi connectivity index (χ1n) is 7.12. The molecule has 0 spiro atoms. The van der Waals surface area contributed by atoms with E-state index < -0.39 is 11.8 Å². The molecule has 0 atom stereocenters. The van der Waals surface area contributed by atoms with E-state index in [-0.39, 0.29) is 16.7 Å². The Morgan fingerprint density at radius 1 is 1.12 bits per heavy atom. The Kier molecular flexibility index (Phi) is 4.71. The monoisotopic (exact) mass is 360 g/mol. The first kappa shape index (κ1) is 16.6. The van der Waals surface area contributed by atoms with E-state index in [9.17, 15) is 9.59 Å². The van der Waals surface area contributed by atoms with Gasteiger partial charge >= 0.3 is 5.91 Å². The number of aromatic amines is 1. The van der Waals surface area contributed by atoms with Gasteiger partial charge in [0.05, 0.1) is 12.8 Å². The quantitative estimate of drug-likeness (QED) is 0.619. The number of H-pyrrole nitrogens is 1. The molecule has 3 N–H and O–H groups in total. The Bertz CT molecular complexity index is 901. The minimum atomic E-state index is -0.629. The summed E-state index contributed by atoms with van der Waals surface area (Å²) in [7, 11) is 1.58. The summed E-state index contributed by atoms with van der Waals surface area (Å²) in [5.41, 5.74) is 6.05. The van der Waals surface area contributed by atoms with Gasteiger partial charge in [-0.05, 0) is 54.1 Å². The SMILES string of the molecule is COc1ccc(-c2cc(C(=O)NNC(=O)c3ccc(Cl)o3)[nH]n2)cc1. The van der Waals surface area contributed by atoms with Crippen LogP contribution in [0.2, 0.25) is 5.22 Å². The van der Waals surface area contributed by atoms with Gasteiger partial charge in [0.15, 0.2) is 11.0 Å². The van der Waals surface area contributed by atoms with Gasteiger partial charge in [-0.3, -0.25) is 25.5 Å². The summed E-state index contributed by atoms with van der Waals surface area (Å²) in [6, 6.07) is 11.6. The van der Waals surface area contributed by atoms with Crippen LogP contribution in [0.15, 0.2) is 46.9 Å². The fourth-order valence-corrected chi connectivity index (χ4v) is 2.17. The molecule has 9 heteroatoms. The Balaban J connectivity index is 1.63. The average Bonchev–Trinajstić information content (AvgIpc) is 3.29. The number of rotatable bonds is 4. The molecule has 2 aromatic heterocycles. The third kappa shape index (κ3) is 3.81. The van der Waals surface area contributed by atoms with E-state index in [1.807, 2.05) is 12.1 Å². The van der Waals surface area contributed by atoms with Gasteiger partial charge in [0.1, 0.15) is 11.4 Å². The Hall–Kier alpha value is -3.26. The number of furan rings is 1. The topological polar surface area (TPSA) is 109 Å². The van der Waals surface area contributed by atoms with E-state index in [1.54, 1.807) is 25.3 Å². The zero-order chi connectivity index (χ0) is 17.8. The second kappa shape index (κ2) is 7.10. The van der Waals surface area contributed by atoms with Crippen molar-refractivity contribution in [2.45, 2.75) is 0 Å². The lowest BCUT2D eigenvalue weighted by Gasteiger charge is -2.03. The molecule has 0 radical (unpaired) electrons. The van der Waals surface area contributed by atoms with Crippen LogP contribution in [0.5, 0.6) is 5.75 Å². The molecule has 3 aromatic rings. The fourth-order valence-electron chi connectivity index (χ4n) is 2.03. The molecule has 0 fully saturated rings. The standard InChI is InChI=1S/C16H13ClN4O4/c1-24-10-4-2-9(3-5-10)11-8-12(19-18-11)15(22)20-21-16(23)13-6-7-14(17)25-13/h2-8H,1H3,(H,18,19)(H,20,22)(H,21,23). The van der Waals surface area contributed by atoms with Gasteiger partial charge in [-0.1, -0.05) is 0 Å². The van der Waals surface area contributed by atoms with Gasteiger partial charge in [0.2, 0.25) is 0 Å². The van der Waals surface area contributed by atoms with Crippen molar-refractivity contribution in [1.82, 2.24) is 21.0 Å². The summed E-state index contributed by atoms with van der Waals surface area (Å²) in [6.45, 7) is 0. The smallest absolute Gasteiger partial charge is 0.305 e. The highest BCUT2D eigenvalue weighted by Crippen LogP contribution is 2.21. The lowest BCUT2D eigenvalue weighted by atomic mass is 10.1. The van der Waals surface area contributed by atoms with E-state index >= 15 is 0 Å². The molecule has 2 amide bonds. The maximum absolute atomic E-state index is 12.1. The molecule has 128 valence electrons. The second-order valence-corrected chi connectivity index (χ2v) is 5.28. The zero-order valence-corrected chi connectivity index (χ0v) is 13.8. The van der Waals surface area contributed by atoms with Crippen LogP contribution in [-0.4, -0.2) is 29.1 Å². The van der Waals surface area contributed by atoms with Gasteiger partial charge in [-0.2, -0.15) is 5.10 Å². The van der Waals surface area contributed by atoms with Crippen molar-refractivity contribution in [2.24, 2.45) is 0 Å². The number of benzene rings is 1. The van der Waals surface area contributed by atoms with E-state index in [1.165, 1.54) is 12.1 Å². The average molecular weight is 361 g/mol. The number of amides is 2. The van der Waals surface area contributed by atoms with Crippen LogP contribution in [0.1, 0.15) is 21.0 Å². The van der Waals surface area contributed by atoms with Gasteiger partial charge in [-0.15, -0.1) is 0 Å². The summed E-state index contributed by atoms with van der Waals surface area (Å²) < 4.78 is 10.0. The molecule has 8 nitrogen and oxygen atoms in total. The summed E-state index contributed by atoms with van der Waals surface area (Å²) in [4.78, 5) is 23.8. The lowest BCUT2D eigenvalue weighted by Crippen LogP contribution is -2.41. The Labute approximate surface area is 147 Å². The highest BCUT2D eigenvalue weighted by atomic mass is 35.5. The van der Waals surface area contributed by atoms with Crippen molar-refractivity contribution in [3.05, 3.63) is 59.1 Å². The van der Waals surface area contributed by atoms with Crippen LogP contribution in [-0.2, 0) is 0 Å². The summed E-state index contributed by atoms with van der Waals surface area (Å²) in [6.07, 6.45) is 0. The Morgan fingerprint density at radius 3 is 2.48 bits per heavy atom. The third-order valence-corrected chi connectivity index (χ3v) is 3.50. The van der Waals surface area contributed by atoms with Gasteiger partial charge in [-0.25, -0.2) is 0 Å². The van der Waals surface area contributed by atoms with Crippen molar-refractivity contribution in [3.8, 4) is 17.0 Å². The van der Waals surface area contributed by atoms with Crippen molar-refractivity contribution in [3.63, 3.8) is 0 Å². The Morgan fingerprint density at radius 2 is 1.84 bits per heavy atom. The summed E-state index contributed by atoms with van der Waals surface area (Å²) >= 11 is 5.59. The van der Waals surface area contributed by atoms with Crippen LogP contribution in [0, 0.1) is 0 Å². The number of carbonyl (C=O) groups excluding carboxylic acids is 2. The third-order valence-electron chi connectivity index (χ3n) is 3.29. The highest BCUT2D eigenvalue weighted by Gasteiger charge is 2.14. The van der Waals surface area contributed by atoms with E-state index in [4.69, 9.17) is 20.8 Å². The van der Waals surface area contributed by atoms with Crippen LogP contribution < -0.4 is 15.6 Å².